The number of nitrogens with zero attached hydrogens (tertiary/aromatic N) is 1. The molecule has 15 heavy (non-hydrogen) atoms. The summed E-state index contributed by atoms with van der Waals surface area (Å²) in [6.07, 6.45) is 2.36. The first-order chi connectivity index (χ1) is 7.13. The van der Waals surface area contributed by atoms with Crippen molar-refractivity contribution in [3.63, 3.8) is 0 Å². The molecular weight excluding hydrogens is 212 g/mol. The predicted octanol–water partition coefficient (Wildman–Crippen LogP) is 2.16. The van der Waals surface area contributed by atoms with E-state index in [0.29, 0.717) is 17.6 Å². The van der Waals surface area contributed by atoms with Gasteiger partial charge in [0.05, 0.1) is 0 Å². The van der Waals surface area contributed by atoms with Crippen LogP contribution in [0, 0.1) is 0 Å². The van der Waals surface area contributed by atoms with E-state index in [9.17, 15) is 0 Å². The first-order valence-electron chi connectivity index (χ1n) is 5.12. The van der Waals surface area contributed by atoms with Gasteiger partial charge in [-0.05, 0) is 24.1 Å². The Morgan fingerprint density at radius 2 is 2.27 bits per heavy atom. The maximum absolute atomic E-state index is 8.99. The molecule has 0 saturated carbocycles. The molecule has 3 nitrogen and oxygen atoms in total. The molecule has 0 aliphatic carbocycles. The van der Waals surface area contributed by atoms with E-state index in [4.69, 9.17) is 16.7 Å². The SMILES string of the molecule is CC(C)N[C@H](CCO)c1ccnc(Cl)c1. The van der Waals surface area contributed by atoms with E-state index >= 15 is 0 Å². The summed E-state index contributed by atoms with van der Waals surface area (Å²) in [7, 11) is 0. The van der Waals surface area contributed by atoms with Gasteiger partial charge in [-0.15, -0.1) is 0 Å². The van der Waals surface area contributed by atoms with Crippen LogP contribution in [0.5, 0.6) is 0 Å². The maximum atomic E-state index is 8.99. The van der Waals surface area contributed by atoms with Gasteiger partial charge in [-0.1, -0.05) is 25.4 Å². The van der Waals surface area contributed by atoms with Crippen molar-refractivity contribution in [1.82, 2.24) is 10.3 Å². The highest BCUT2D eigenvalue weighted by molar-refractivity contribution is 6.29. The molecule has 1 rings (SSSR count). The second kappa shape index (κ2) is 6.05. The first kappa shape index (κ1) is 12.4. The Kier molecular flexibility index (Phi) is 5.02. The zero-order valence-corrected chi connectivity index (χ0v) is 9.83. The lowest BCUT2D eigenvalue weighted by Crippen LogP contribution is -2.28. The van der Waals surface area contributed by atoms with E-state index in [1.807, 2.05) is 12.1 Å². The molecule has 1 heterocycles. The fourth-order valence-corrected chi connectivity index (χ4v) is 1.69. The molecule has 0 unspecified atom stereocenters. The molecule has 0 bridgehead atoms. The standard InChI is InChI=1S/C11H17ClN2O/c1-8(2)14-10(4-6-15)9-3-5-13-11(12)7-9/h3,5,7-8,10,14-15H,4,6H2,1-2H3/t10-/m1/s1. The summed E-state index contributed by atoms with van der Waals surface area (Å²) in [5.41, 5.74) is 1.07. The van der Waals surface area contributed by atoms with Crippen molar-refractivity contribution in [2.24, 2.45) is 0 Å². The molecule has 0 aromatic carbocycles. The van der Waals surface area contributed by atoms with Crippen LogP contribution in [-0.4, -0.2) is 22.7 Å². The van der Waals surface area contributed by atoms with Crippen molar-refractivity contribution >= 4 is 11.6 Å². The van der Waals surface area contributed by atoms with E-state index in [2.05, 4.69) is 24.1 Å². The van der Waals surface area contributed by atoms with E-state index in [0.717, 1.165) is 5.56 Å². The number of rotatable bonds is 5. The summed E-state index contributed by atoms with van der Waals surface area (Å²) in [5, 5.41) is 12.9. The number of pyridine rings is 1. The van der Waals surface area contributed by atoms with Crippen molar-refractivity contribution in [3.8, 4) is 0 Å². The number of aliphatic hydroxyl groups is 1. The van der Waals surface area contributed by atoms with E-state index in [1.54, 1.807) is 6.20 Å². The summed E-state index contributed by atoms with van der Waals surface area (Å²) in [6.45, 7) is 4.31. The monoisotopic (exact) mass is 228 g/mol. The third-order valence-electron chi connectivity index (χ3n) is 2.11. The second-order valence-electron chi connectivity index (χ2n) is 3.80. The van der Waals surface area contributed by atoms with Crippen LogP contribution in [0.25, 0.3) is 0 Å². The smallest absolute Gasteiger partial charge is 0.129 e. The van der Waals surface area contributed by atoms with Crippen LogP contribution >= 0.6 is 11.6 Å². The van der Waals surface area contributed by atoms with Crippen molar-refractivity contribution in [2.75, 3.05) is 6.61 Å². The minimum Gasteiger partial charge on any atom is -0.396 e. The van der Waals surface area contributed by atoms with Gasteiger partial charge in [-0.3, -0.25) is 0 Å². The van der Waals surface area contributed by atoms with E-state index < -0.39 is 0 Å². The predicted molar refractivity (Wildman–Crippen MR) is 62.0 cm³/mol. The molecule has 0 spiro atoms. The fourth-order valence-electron chi connectivity index (χ4n) is 1.51. The third kappa shape index (κ3) is 4.16. The number of hydrogen-bond acceptors (Lipinski definition) is 3. The summed E-state index contributed by atoms with van der Waals surface area (Å²) >= 11 is 5.82. The number of aromatic nitrogens is 1. The lowest BCUT2D eigenvalue weighted by atomic mass is 10.0. The number of hydrogen-bond donors (Lipinski definition) is 2. The highest BCUT2D eigenvalue weighted by Gasteiger charge is 2.12. The molecule has 1 atom stereocenters. The zero-order valence-electron chi connectivity index (χ0n) is 9.07. The largest absolute Gasteiger partial charge is 0.396 e. The van der Waals surface area contributed by atoms with Crippen molar-refractivity contribution in [3.05, 3.63) is 29.0 Å². The van der Waals surface area contributed by atoms with Crippen LogP contribution in [-0.2, 0) is 0 Å². The summed E-state index contributed by atoms with van der Waals surface area (Å²) in [4.78, 5) is 3.94. The van der Waals surface area contributed by atoms with Gasteiger partial charge < -0.3 is 10.4 Å². The second-order valence-corrected chi connectivity index (χ2v) is 4.19. The Labute approximate surface area is 95.5 Å². The molecule has 0 aliphatic rings. The Bertz CT molecular complexity index is 304. The Morgan fingerprint density at radius 1 is 1.53 bits per heavy atom. The average Bonchev–Trinajstić information content (AvgIpc) is 2.16. The van der Waals surface area contributed by atoms with Gasteiger partial charge in [-0.25, -0.2) is 4.98 Å². The van der Waals surface area contributed by atoms with Crippen LogP contribution in [0.15, 0.2) is 18.3 Å². The summed E-state index contributed by atoms with van der Waals surface area (Å²) in [5.74, 6) is 0. The van der Waals surface area contributed by atoms with Crippen molar-refractivity contribution < 1.29 is 5.11 Å². The topological polar surface area (TPSA) is 45.1 Å². The fraction of sp³-hybridized carbons (Fsp3) is 0.545. The molecule has 0 fully saturated rings. The molecule has 4 heteroatoms. The van der Waals surface area contributed by atoms with E-state index in [-0.39, 0.29) is 12.6 Å². The van der Waals surface area contributed by atoms with Gasteiger partial charge in [0.2, 0.25) is 0 Å². The van der Waals surface area contributed by atoms with Crippen LogP contribution in [0.4, 0.5) is 0 Å². The van der Waals surface area contributed by atoms with Gasteiger partial charge in [0, 0.05) is 24.9 Å². The minimum atomic E-state index is 0.135. The van der Waals surface area contributed by atoms with Crippen LogP contribution in [0.3, 0.4) is 0 Å². The van der Waals surface area contributed by atoms with Gasteiger partial charge in [0.15, 0.2) is 0 Å². The zero-order chi connectivity index (χ0) is 11.3. The molecule has 1 aromatic heterocycles. The molecule has 1 aromatic rings. The normalized spacial score (nSPS) is 13.1. The van der Waals surface area contributed by atoms with Gasteiger partial charge in [0.1, 0.15) is 5.15 Å². The molecule has 0 aliphatic heterocycles. The van der Waals surface area contributed by atoms with Crippen molar-refractivity contribution in [1.29, 1.82) is 0 Å². The quantitative estimate of drug-likeness (QED) is 0.760. The maximum Gasteiger partial charge on any atom is 0.129 e. The summed E-state index contributed by atoms with van der Waals surface area (Å²) in [6, 6.07) is 4.25. The van der Waals surface area contributed by atoms with Gasteiger partial charge in [0.25, 0.3) is 0 Å². The van der Waals surface area contributed by atoms with Crippen LogP contribution in [0.2, 0.25) is 5.15 Å². The number of nitrogens with one attached hydrogen (secondary N) is 1. The number of halogens is 1. The Morgan fingerprint density at radius 3 is 2.80 bits per heavy atom. The lowest BCUT2D eigenvalue weighted by molar-refractivity contribution is 0.261. The van der Waals surface area contributed by atoms with Crippen molar-refractivity contribution in [2.45, 2.75) is 32.4 Å². The third-order valence-corrected chi connectivity index (χ3v) is 2.31. The van der Waals surface area contributed by atoms with Crippen LogP contribution < -0.4 is 5.32 Å². The Balaban J connectivity index is 2.78. The highest BCUT2D eigenvalue weighted by atomic mass is 35.5. The number of aliphatic hydroxyl groups excluding tert-OH is 1. The first-order valence-corrected chi connectivity index (χ1v) is 5.49. The average molecular weight is 229 g/mol. The minimum absolute atomic E-state index is 0.135. The van der Waals surface area contributed by atoms with Gasteiger partial charge in [-0.2, -0.15) is 0 Å². The molecule has 0 radical (unpaired) electrons. The molecular formula is C11H17ClN2O. The molecule has 0 amide bonds. The summed E-state index contributed by atoms with van der Waals surface area (Å²) < 4.78 is 0. The molecule has 2 N–H and O–H groups in total. The van der Waals surface area contributed by atoms with E-state index in [1.165, 1.54) is 0 Å². The van der Waals surface area contributed by atoms with Gasteiger partial charge >= 0.3 is 0 Å². The molecule has 84 valence electrons. The highest BCUT2D eigenvalue weighted by Crippen LogP contribution is 2.19. The Hall–Kier alpha value is -0.640. The van der Waals surface area contributed by atoms with Crippen LogP contribution in [0.1, 0.15) is 31.9 Å². The molecule has 0 saturated heterocycles. The lowest BCUT2D eigenvalue weighted by Gasteiger charge is -2.20.